The molecule has 1 atom stereocenters. The number of rotatable bonds is 2. The number of aliphatic hydroxyl groups is 1. The van der Waals surface area contributed by atoms with Crippen molar-refractivity contribution < 1.29 is 14.6 Å². The van der Waals surface area contributed by atoms with Crippen LogP contribution in [0.4, 0.5) is 4.79 Å². The molecule has 5 nitrogen and oxygen atoms in total. The van der Waals surface area contributed by atoms with Crippen molar-refractivity contribution in [3.8, 4) is 0 Å². The second-order valence-electron chi connectivity index (χ2n) is 6.04. The van der Waals surface area contributed by atoms with Crippen molar-refractivity contribution in [1.29, 1.82) is 0 Å². The number of carbonyl (C=O) groups excluding carboxylic acids is 1. The molecule has 20 heavy (non-hydrogen) atoms. The number of allylic oxidation sites excluding steroid dienone is 1. The number of piperidine rings is 1. The Hall–Kier alpha value is -1.78. The zero-order valence-corrected chi connectivity index (χ0v) is 12.7. The highest BCUT2D eigenvalue weighted by Gasteiger charge is 2.29. The molecule has 0 aliphatic carbocycles. The highest BCUT2D eigenvalue weighted by molar-refractivity contribution is 5.69. The average Bonchev–Trinajstić information content (AvgIpc) is 2.29. The van der Waals surface area contributed by atoms with E-state index in [1.165, 1.54) is 6.20 Å². The van der Waals surface area contributed by atoms with Gasteiger partial charge in [-0.1, -0.05) is 0 Å². The summed E-state index contributed by atoms with van der Waals surface area (Å²) in [7, 11) is 0. The second-order valence-corrected chi connectivity index (χ2v) is 6.04. The van der Waals surface area contributed by atoms with Crippen LogP contribution in [-0.4, -0.2) is 41.0 Å². The zero-order chi connectivity index (χ0) is 15.3. The van der Waals surface area contributed by atoms with Gasteiger partial charge in [-0.15, -0.1) is 0 Å². The summed E-state index contributed by atoms with van der Waals surface area (Å²) < 4.78 is 5.40. The van der Waals surface area contributed by atoms with Gasteiger partial charge in [-0.3, -0.25) is 4.99 Å². The van der Waals surface area contributed by atoms with Crippen LogP contribution < -0.4 is 0 Å². The van der Waals surface area contributed by atoms with Gasteiger partial charge in [-0.2, -0.15) is 0 Å². The lowest BCUT2D eigenvalue weighted by molar-refractivity contribution is 0.0162. The summed E-state index contributed by atoms with van der Waals surface area (Å²) in [5.41, 5.74) is 0.471. The van der Waals surface area contributed by atoms with Crippen LogP contribution in [0.25, 0.3) is 0 Å². The number of aliphatic imine (C=N–C) groups is 1. The fourth-order valence-electron chi connectivity index (χ4n) is 2.03. The van der Waals surface area contributed by atoms with Crippen LogP contribution in [0.1, 0.15) is 40.5 Å². The minimum absolute atomic E-state index is 0.0497. The molecule has 0 aromatic rings. The molecule has 0 saturated carbocycles. The first-order chi connectivity index (χ1) is 9.23. The van der Waals surface area contributed by atoms with Crippen LogP contribution in [-0.2, 0) is 4.74 Å². The van der Waals surface area contributed by atoms with E-state index < -0.39 is 5.60 Å². The fraction of sp³-hybridized carbons (Fsp3) is 0.600. The van der Waals surface area contributed by atoms with Gasteiger partial charge in [0.2, 0.25) is 0 Å². The highest BCUT2D eigenvalue weighted by Crippen LogP contribution is 2.24. The molecular weight excluding hydrogens is 256 g/mol. The standard InChI is InChI=1S/C15H24N2O3/c1-11-6-7-12(8-13(18)9-16-5)10-17(11)14(19)20-15(2,3)4/h8-9,11,18H,5-7,10H2,1-4H3/b12-8+,13-9+. The Morgan fingerprint density at radius 3 is 2.75 bits per heavy atom. The van der Waals surface area contributed by atoms with Crippen molar-refractivity contribution in [2.24, 2.45) is 4.99 Å². The lowest BCUT2D eigenvalue weighted by Crippen LogP contribution is -2.45. The quantitative estimate of drug-likeness (QED) is 0.622. The Morgan fingerprint density at radius 2 is 2.20 bits per heavy atom. The van der Waals surface area contributed by atoms with Gasteiger partial charge in [-0.05, 0) is 58.9 Å². The highest BCUT2D eigenvalue weighted by atomic mass is 16.6. The van der Waals surface area contributed by atoms with E-state index in [1.54, 1.807) is 11.0 Å². The molecule has 1 aliphatic rings. The molecule has 0 bridgehead atoms. The molecule has 1 unspecified atom stereocenters. The SMILES string of the molecule is C=N/C=C(O)\C=C1/CCC(C)N(C(=O)OC(C)(C)C)C1. The molecule has 1 heterocycles. The second kappa shape index (κ2) is 6.59. The monoisotopic (exact) mass is 280 g/mol. The maximum Gasteiger partial charge on any atom is 0.410 e. The molecule has 0 spiro atoms. The minimum Gasteiger partial charge on any atom is -0.506 e. The molecule has 112 valence electrons. The van der Waals surface area contributed by atoms with E-state index in [4.69, 9.17) is 4.74 Å². The van der Waals surface area contributed by atoms with Crippen molar-refractivity contribution >= 4 is 12.8 Å². The van der Waals surface area contributed by atoms with Crippen molar-refractivity contribution in [3.05, 3.63) is 23.6 Å². The minimum atomic E-state index is -0.507. The first-order valence-electron chi connectivity index (χ1n) is 6.77. The number of hydrogen-bond donors (Lipinski definition) is 1. The van der Waals surface area contributed by atoms with Gasteiger partial charge >= 0.3 is 6.09 Å². The van der Waals surface area contributed by atoms with Crippen molar-refractivity contribution in [1.82, 2.24) is 4.90 Å². The van der Waals surface area contributed by atoms with Crippen LogP contribution >= 0.6 is 0 Å². The number of carbonyl (C=O) groups is 1. The third-order valence-electron chi connectivity index (χ3n) is 2.99. The number of ether oxygens (including phenoxy) is 1. The van der Waals surface area contributed by atoms with E-state index in [9.17, 15) is 9.90 Å². The first-order valence-corrected chi connectivity index (χ1v) is 6.77. The van der Waals surface area contributed by atoms with Crippen molar-refractivity contribution in [2.45, 2.75) is 52.2 Å². The third-order valence-corrected chi connectivity index (χ3v) is 2.99. The largest absolute Gasteiger partial charge is 0.506 e. The Labute approximate surface area is 120 Å². The molecule has 1 fully saturated rings. The topological polar surface area (TPSA) is 62.1 Å². The van der Waals surface area contributed by atoms with Gasteiger partial charge in [0.05, 0.1) is 6.20 Å². The van der Waals surface area contributed by atoms with E-state index in [1.807, 2.05) is 27.7 Å². The summed E-state index contributed by atoms with van der Waals surface area (Å²) in [6, 6.07) is 0.130. The Kier molecular flexibility index (Phi) is 5.36. The van der Waals surface area contributed by atoms with Crippen LogP contribution in [0.5, 0.6) is 0 Å². The van der Waals surface area contributed by atoms with Crippen LogP contribution in [0.3, 0.4) is 0 Å². The van der Waals surface area contributed by atoms with E-state index in [0.29, 0.717) is 6.54 Å². The lowest BCUT2D eigenvalue weighted by atomic mass is 9.98. The number of hydrogen-bond acceptors (Lipinski definition) is 4. The molecule has 1 N–H and O–H groups in total. The fourth-order valence-corrected chi connectivity index (χ4v) is 2.03. The summed E-state index contributed by atoms with van der Waals surface area (Å²) in [5, 5.41) is 9.59. The molecule has 1 amide bonds. The maximum absolute atomic E-state index is 12.2. The average molecular weight is 280 g/mol. The van der Waals surface area contributed by atoms with Gasteiger partial charge in [0, 0.05) is 12.6 Å². The Morgan fingerprint density at radius 1 is 1.55 bits per heavy atom. The van der Waals surface area contributed by atoms with Crippen molar-refractivity contribution in [3.63, 3.8) is 0 Å². The van der Waals surface area contributed by atoms with Crippen LogP contribution in [0.2, 0.25) is 0 Å². The summed E-state index contributed by atoms with van der Waals surface area (Å²) >= 11 is 0. The third kappa shape index (κ3) is 5.07. The van der Waals surface area contributed by atoms with E-state index in [0.717, 1.165) is 18.4 Å². The first kappa shape index (κ1) is 16.3. The lowest BCUT2D eigenvalue weighted by Gasteiger charge is -2.36. The Bertz CT molecular complexity index is 433. The van der Waals surface area contributed by atoms with Crippen molar-refractivity contribution in [2.75, 3.05) is 6.54 Å². The molecule has 1 rings (SSSR count). The van der Waals surface area contributed by atoms with E-state index >= 15 is 0 Å². The molecule has 0 aromatic carbocycles. The number of amides is 1. The summed E-state index contributed by atoms with van der Waals surface area (Å²) in [6.45, 7) is 11.3. The summed E-state index contributed by atoms with van der Waals surface area (Å²) in [4.78, 5) is 17.3. The number of nitrogens with zero attached hydrogens (tertiary/aromatic N) is 2. The smallest absolute Gasteiger partial charge is 0.410 e. The predicted octanol–water partition coefficient (Wildman–Crippen LogP) is 3.43. The van der Waals surface area contributed by atoms with Gasteiger partial charge in [-0.25, -0.2) is 4.79 Å². The summed E-state index contributed by atoms with van der Waals surface area (Å²) in [6.07, 6.45) is 4.29. The van der Waals surface area contributed by atoms with Crippen LogP contribution in [0.15, 0.2) is 28.6 Å². The molecule has 1 aliphatic heterocycles. The van der Waals surface area contributed by atoms with Gasteiger partial charge in [0.15, 0.2) is 0 Å². The maximum atomic E-state index is 12.2. The molecule has 0 aromatic heterocycles. The Balaban J connectivity index is 2.79. The number of likely N-dealkylation sites (tertiary alicyclic amines) is 1. The molecule has 5 heteroatoms. The van der Waals surface area contributed by atoms with Gasteiger partial charge in [0.1, 0.15) is 11.4 Å². The predicted molar refractivity (Wildman–Crippen MR) is 80.0 cm³/mol. The zero-order valence-electron chi connectivity index (χ0n) is 12.7. The van der Waals surface area contributed by atoms with E-state index in [2.05, 4.69) is 11.7 Å². The van der Waals surface area contributed by atoms with Gasteiger partial charge < -0.3 is 14.7 Å². The number of aliphatic hydroxyl groups excluding tert-OH is 1. The van der Waals surface area contributed by atoms with E-state index in [-0.39, 0.29) is 17.9 Å². The molecule has 0 radical (unpaired) electrons. The normalized spacial score (nSPS) is 22.8. The summed E-state index contributed by atoms with van der Waals surface area (Å²) in [5.74, 6) is 0.0497. The van der Waals surface area contributed by atoms with Gasteiger partial charge in [0.25, 0.3) is 0 Å². The molecule has 1 saturated heterocycles. The van der Waals surface area contributed by atoms with Crippen LogP contribution in [0, 0.1) is 0 Å². The molecular formula is C15H24N2O3.